The number of carbonyl (C=O) groups excluding carboxylic acids is 1. The smallest absolute Gasteiger partial charge is 0.244 e. The molecule has 1 amide bonds. The summed E-state index contributed by atoms with van der Waals surface area (Å²) in [4.78, 5) is 17.0. The maximum atomic E-state index is 12.7. The molecule has 0 aliphatic carbocycles. The van der Waals surface area contributed by atoms with Crippen molar-refractivity contribution in [1.29, 1.82) is 0 Å². The molecule has 2 aliphatic heterocycles. The Balaban J connectivity index is 1.50. The molecule has 0 N–H and O–H groups in total. The van der Waals surface area contributed by atoms with Crippen LogP contribution < -0.4 is 0 Å². The molecule has 27 heavy (non-hydrogen) atoms. The topological polar surface area (TPSA) is 68.4 Å². The summed E-state index contributed by atoms with van der Waals surface area (Å²) >= 11 is 5.89. The van der Waals surface area contributed by atoms with Gasteiger partial charge in [0.25, 0.3) is 0 Å². The Kier molecular flexibility index (Phi) is 5.21. The Hall–Kier alpha value is -1.90. The quantitative estimate of drug-likeness (QED) is 0.774. The first-order chi connectivity index (χ1) is 13.0. The van der Waals surface area contributed by atoms with Gasteiger partial charge in [-0.05, 0) is 13.8 Å². The van der Waals surface area contributed by atoms with Gasteiger partial charge in [0.2, 0.25) is 5.91 Å². The molecule has 2 aromatic rings. The van der Waals surface area contributed by atoms with Gasteiger partial charge in [0.15, 0.2) is 0 Å². The highest BCUT2D eigenvalue weighted by Crippen LogP contribution is 2.29. The van der Waals surface area contributed by atoms with Crippen LogP contribution in [0.4, 0.5) is 0 Å². The number of aromatic nitrogens is 4. The number of morpholine rings is 1. The average Bonchev–Trinajstić information content (AvgIpc) is 3.32. The molecule has 0 atom stereocenters. The van der Waals surface area contributed by atoms with Gasteiger partial charge in [0.1, 0.15) is 6.54 Å². The number of nitrogens with zero attached hydrogens (tertiary/aromatic N) is 6. The summed E-state index contributed by atoms with van der Waals surface area (Å²) in [5.74, 6) is 0.0404. The highest BCUT2D eigenvalue weighted by molar-refractivity contribution is 6.30. The molecule has 9 heteroatoms. The van der Waals surface area contributed by atoms with E-state index < -0.39 is 0 Å². The van der Waals surface area contributed by atoms with E-state index in [2.05, 4.69) is 28.5 Å². The molecular formula is C18H25ClN6O2. The van der Waals surface area contributed by atoms with Crippen LogP contribution >= 0.6 is 11.6 Å². The monoisotopic (exact) mass is 392 g/mol. The average molecular weight is 393 g/mol. The zero-order valence-electron chi connectivity index (χ0n) is 15.8. The van der Waals surface area contributed by atoms with Gasteiger partial charge in [-0.2, -0.15) is 10.2 Å². The summed E-state index contributed by atoms with van der Waals surface area (Å²) in [6, 6.07) is 0.261. The molecule has 8 nitrogen and oxygen atoms in total. The number of hydrogen-bond donors (Lipinski definition) is 0. The number of rotatable bonds is 5. The maximum Gasteiger partial charge on any atom is 0.244 e. The van der Waals surface area contributed by atoms with E-state index in [0.29, 0.717) is 18.1 Å². The minimum absolute atomic E-state index is 0.0404. The third-order valence-corrected chi connectivity index (χ3v) is 5.30. The Morgan fingerprint density at radius 2 is 2.07 bits per heavy atom. The Morgan fingerprint density at radius 3 is 2.74 bits per heavy atom. The van der Waals surface area contributed by atoms with Gasteiger partial charge in [-0.25, -0.2) is 0 Å². The molecule has 4 heterocycles. The molecule has 4 rings (SSSR count). The predicted octanol–water partition coefficient (Wildman–Crippen LogP) is 1.69. The van der Waals surface area contributed by atoms with Gasteiger partial charge < -0.3 is 9.64 Å². The van der Waals surface area contributed by atoms with E-state index in [4.69, 9.17) is 21.4 Å². The van der Waals surface area contributed by atoms with Gasteiger partial charge in [-0.1, -0.05) is 11.6 Å². The summed E-state index contributed by atoms with van der Waals surface area (Å²) in [5.41, 5.74) is 3.43. The van der Waals surface area contributed by atoms with Crippen LogP contribution in [0.15, 0.2) is 12.4 Å². The van der Waals surface area contributed by atoms with Crippen molar-refractivity contribution in [3.8, 4) is 0 Å². The third kappa shape index (κ3) is 3.88. The third-order valence-electron chi connectivity index (χ3n) is 5.11. The van der Waals surface area contributed by atoms with E-state index in [1.807, 2.05) is 4.90 Å². The largest absolute Gasteiger partial charge is 0.379 e. The van der Waals surface area contributed by atoms with Crippen molar-refractivity contribution in [2.45, 2.75) is 46.1 Å². The highest BCUT2D eigenvalue weighted by atomic mass is 35.5. The van der Waals surface area contributed by atoms with Crippen molar-refractivity contribution in [2.75, 3.05) is 26.3 Å². The van der Waals surface area contributed by atoms with E-state index in [1.165, 1.54) is 5.56 Å². The lowest BCUT2D eigenvalue weighted by Crippen LogP contribution is -2.36. The van der Waals surface area contributed by atoms with Gasteiger partial charge in [0.05, 0.1) is 42.4 Å². The number of ether oxygens (including phenoxy) is 1. The van der Waals surface area contributed by atoms with Crippen LogP contribution in [0.25, 0.3) is 0 Å². The van der Waals surface area contributed by atoms with Crippen molar-refractivity contribution in [3.05, 3.63) is 34.4 Å². The first-order valence-electron chi connectivity index (χ1n) is 9.36. The van der Waals surface area contributed by atoms with Gasteiger partial charge in [0, 0.05) is 44.0 Å². The molecular weight excluding hydrogens is 368 g/mol. The van der Waals surface area contributed by atoms with Crippen LogP contribution in [0.2, 0.25) is 5.02 Å². The zero-order chi connectivity index (χ0) is 19.0. The van der Waals surface area contributed by atoms with E-state index in [0.717, 1.165) is 44.2 Å². The SMILES string of the molecule is CC(C)n1nc(CN2CCOCC2)c2c1CN(C(=O)Cn1cc(Cl)cn1)C2. The summed E-state index contributed by atoms with van der Waals surface area (Å²) in [6.07, 6.45) is 3.22. The summed E-state index contributed by atoms with van der Waals surface area (Å²) in [7, 11) is 0. The van der Waals surface area contributed by atoms with Crippen LogP contribution in [0.1, 0.15) is 36.8 Å². The fourth-order valence-electron chi connectivity index (χ4n) is 3.70. The van der Waals surface area contributed by atoms with Crippen LogP contribution in [0.5, 0.6) is 0 Å². The molecule has 0 radical (unpaired) electrons. The number of halogens is 1. The lowest BCUT2D eigenvalue weighted by atomic mass is 10.2. The van der Waals surface area contributed by atoms with Crippen molar-refractivity contribution >= 4 is 17.5 Å². The molecule has 0 spiro atoms. The molecule has 0 aromatic carbocycles. The van der Waals surface area contributed by atoms with E-state index in [9.17, 15) is 4.79 Å². The molecule has 1 saturated heterocycles. The van der Waals surface area contributed by atoms with Crippen molar-refractivity contribution < 1.29 is 9.53 Å². The fraction of sp³-hybridized carbons (Fsp3) is 0.611. The van der Waals surface area contributed by atoms with E-state index in [-0.39, 0.29) is 18.5 Å². The second-order valence-corrected chi connectivity index (χ2v) is 7.84. The minimum Gasteiger partial charge on any atom is -0.379 e. The predicted molar refractivity (Wildman–Crippen MR) is 100 cm³/mol. The number of hydrogen-bond acceptors (Lipinski definition) is 5. The second kappa shape index (κ2) is 7.61. The molecule has 0 saturated carbocycles. The fourth-order valence-corrected chi connectivity index (χ4v) is 3.85. The van der Waals surface area contributed by atoms with Crippen LogP contribution in [-0.4, -0.2) is 61.6 Å². The first-order valence-corrected chi connectivity index (χ1v) is 9.74. The van der Waals surface area contributed by atoms with Crippen molar-refractivity contribution in [1.82, 2.24) is 29.4 Å². The normalized spacial score (nSPS) is 17.7. The summed E-state index contributed by atoms with van der Waals surface area (Å²) in [6.45, 7) is 9.84. The number of amides is 1. The molecule has 0 bridgehead atoms. The molecule has 0 unspecified atom stereocenters. The first kappa shape index (κ1) is 18.5. The zero-order valence-corrected chi connectivity index (χ0v) is 16.5. The highest BCUT2D eigenvalue weighted by Gasteiger charge is 2.32. The van der Waals surface area contributed by atoms with Gasteiger partial charge in [-0.3, -0.25) is 19.1 Å². The number of carbonyl (C=O) groups is 1. The van der Waals surface area contributed by atoms with Gasteiger partial charge in [-0.15, -0.1) is 0 Å². The Labute approximate surface area is 163 Å². The van der Waals surface area contributed by atoms with Crippen LogP contribution in [0, 0.1) is 0 Å². The molecule has 2 aliphatic rings. The van der Waals surface area contributed by atoms with E-state index >= 15 is 0 Å². The van der Waals surface area contributed by atoms with Crippen LogP contribution in [-0.2, 0) is 35.7 Å². The van der Waals surface area contributed by atoms with Crippen molar-refractivity contribution in [2.24, 2.45) is 0 Å². The lowest BCUT2D eigenvalue weighted by Gasteiger charge is -2.26. The lowest BCUT2D eigenvalue weighted by molar-refractivity contribution is -0.132. The summed E-state index contributed by atoms with van der Waals surface area (Å²) in [5, 5.41) is 9.51. The van der Waals surface area contributed by atoms with Crippen molar-refractivity contribution in [3.63, 3.8) is 0 Å². The molecule has 1 fully saturated rings. The van der Waals surface area contributed by atoms with Crippen LogP contribution in [0.3, 0.4) is 0 Å². The Morgan fingerprint density at radius 1 is 1.30 bits per heavy atom. The molecule has 146 valence electrons. The molecule has 2 aromatic heterocycles. The standard InChI is InChI=1S/C18H25ClN6O2/c1-13(2)25-17-11-23(18(26)12-24-8-14(19)7-20-24)9-15(17)16(21-25)10-22-3-5-27-6-4-22/h7-8,13H,3-6,9-12H2,1-2H3. The van der Waals surface area contributed by atoms with Gasteiger partial charge >= 0.3 is 0 Å². The maximum absolute atomic E-state index is 12.7. The summed E-state index contributed by atoms with van der Waals surface area (Å²) < 4.78 is 9.10. The second-order valence-electron chi connectivity index (χ2n) is 7.40. The minimum atomic E-state index is 0.0404. The Bertz CT molecular complexity index is 824. The van der Waals surface area contributed by atoms with E-state index in [1.54, 1.807) is 17.1 Å². The number of fused-ring (bicyclic) bond motifs is 1.